The molecule has 8 nitrogen and oxygen atoms in total. The highest BCUT2D eigenvalue weighted by molar-refractivity contribution is 5.96. The number of benzene rings is 1. The van der Waals surface area contributed by atoms with E-state index in [1.807, 2.05) is 44.2 Å². The van der Waals surface area contributed by atoms with E-state index in [-0.39, 0.29) is 23.4 Å². The number of amides is 2. The topological polar surface area (TPSA) is 88.5 Å². The fourth-order valence-electron chi connectivity index (χ4n) is 2.86. The van der Waals surface area contributed by atoms with Gasteiger partial charge in [0.1, 0.15) is 5.82 Å². The summed E-state index contributed by atoms with van der Waals surface area (Å²) in [5, 5.41) is 10.2. The Hall–Kier alpha value is -2.71. The van der Waals surface area contributed by atoms with Gasteiger partial charge in [-0.1, -0.05) is 32.0 Å². The molecule has 0 aliphatic carbocycles. The second kappa shape index (κ2) is 9.48. The molecule has 1 fully saturated rings. The van der Waals surface area contributed by atoms with Gasteiger partial charge in [-0.25, -0.2) is 4.68 Å². The van der Waals surface area contributed by atoms with Crippen molar-refractivity contribution in [2.24, 2.45) is 5.92 Å². The zero-order valence-corrected chi connectivity index (χ0v) is 16.4. The highest BCUT2D eigenvalue weighted by Gasteiger charge is 2.18. The first-order chi connectivity index (χ1) is 13.5. The van der Waals surface area contributed by atoms with Crippen LogP contribution in [0.5, 0.6) is 0 Å². The van der Waals surface area contributed by atoms with Gasteiger partial charge < -0.3 is 15.4 Å². The maximum atomic E-state index is 12.6. The van der Waals surface area contributed by atoms with Crippen LogP contribution in [0, 0.1) is 5.92 Å². The first kappa shape index (κ1) is 20.0. The van der Waals surface area contributed by atoms with Crippen LogP contribution in [0.2, 0.25) is 0 Å². The van der Waals surface area contributed by atoms with Crippen molar-refractivity contribution in [3.63, 3.8) is 0 Å². The van der Waals surface area contributed by atoms with E-state index in [2.05, 4.69) is 20.6 Å². The largest absolute Gasteiger partial charge is 0.379 e. The number of morpholine rings is 1. The lowest BCUT2D eigenvalue weighted by Crippen LogP contribution is -2.41. The third kappa shape index (κ3) is 5.17. The Morgan fingerprint density at radius 1 is 1.18 bits per heavy atom. The van der Waals surface area contributed by atoms with E-state index < -0.39 is 0 Å². The molecule has 1 aromatic carbocycles. The summed E-state index contributed by atoms with van der Waals surface area (Å²) in [5.74, 6) is -0.0903. The van der Waals surface area contributed by atoms with Crippen molar-refractivity contribution in [1.29, 1.82) is 0 Å². The van der Waals surface area contributed by atoms with E-state index in [1.165, 1.54) is 0 Å². The molecule has 0 radical (unpaired) electrons. The van der Waals surface area contributed by atoms with Crippen LogP contribution < -0.4 is 10.6 Å². The smallest absolute Gasteiger partial charge is 0.271 e. The minimum atomic E-state index is -0.261. The number of rotatable bonds is 7. The number of hydrogen-bond donors (Lipinski definition) is 2. The van der Waals surface area contributed by atoms with Gasteiger partial charge in [-0.15, -0.1) is 0 Å². The second-order valence-electron chi connectivity index (χ2n) is 7.02. The molecule has 28 heavy (non-hydrogen) atoms. The molecule has 2 amide bonds. The lowest BCUT2D eigenvalue weighted by Gasteiger charge is -2.26. The van der Waals surface area contributed by atoms with Crippen LogP contribution in [0.1, 0.15) is 24.3 Å². The van der Waals surface area contributed by atoms with E-state index in [1.54, 1.807) is 10.7 Å². The summed E-state index contributed by atoms with van der Waals surface area (Å²) in [4.78, 5) is 27.0. The Bertz CT molecular complexity index is 797. The summed E-state index contributed by atoms with van der Waals surface area (Å²) in [5.41, 5.74) is 1.04. The van der Waals surface area contributed by atoms with Crippen molar-refractivity contribution in [3.8, 4) is 5.69 Å². The van der Waals surface area contributed by atoms with Crippen LogP contribution in [0.3, 0.4) is 0 Å². The average molecular weight is 385 g/mol. The van der Waals surface area contributed by atoms with Gasteiger partial charge in [0.25, 0.3) is 5.91 Å². The number of carbonyl (C=O) groups is 2. The predicted octanol–water partition coefficient (Wildman–Crippen LogP) is 1.53. The van der Waals surface area contributed by atoms with Gasteiger partial charge in [-0.2, -0.15) is 5.10 Å². The molecule has 2 N–H and O–H groups in total. The fourth-order valence-corrected chi connectivity index (χ4v) is 2.86. The molecular weight excluding hydrogens is 358 g/mol. The number of hydrogen-bond acceptors (Lipinski definition) is 5. The zero-order valence-electron chi connectivity index (χ0n) is 16.4. The molecule has 0 spiro atoms. The van der Waals surface area contributed by atoms with Crippen molar-refractivity contribution in [1.82, 2.24) is 20.0 Å². The second-order valence-corrected chi connectivity index (χ2v) is 7.02. The van der Waals surface area contributed by atoms with Crippen molar-refractivity contribution in [2.45, 2.75) is 13.8 Å². The van der Waals surface area contributed by atoms with Gasteiger partial charge in [-0.3, -0.25) is 14.5 Å². The summed E-state index contributed by atoms with van der Waals surface area (Å²) >= 11 is 0. The van der Waals surface area contributed by atoms with Crippen LogP contribution in [-0.4, -0.2) is 65.9 Å². The molecule has 0 unspecified atom stereocenters. The molecular formula is C20H27N5O3. The number of carbonyl (C=O) groups excluding carboxylic acids is 2. The first-order valence-corrected chi connectivity index (χ1v) is 9.59. The minimum Gasteiger partial charge on any atom is -0.379 e. The van der Waals surface area contributed by atoms with Gasteiger partial charge in [-0.05, 0) is 12.1 Å². The monoisotopic (exact) mass is 385 g/mol. The number of ether oxygens (including phenoxy) is 1. The molecule has 2 aromatic rings. The molecule has 1 saturated heterocycles. The Labute approximate surface area is 164 Å². The fraction of sp³-hybridized carbons (Fsp3) is 0.450. The average Bonchev–Trinajstić information content (AvgIpc) is 3.13. The van der Waals surface area contributed by atoms with Crippen molar-refractivity contribution in [3.05, 3.63) is 42.1 Å². The summed E-state index contributed by atoms with van der Waals surface area (Å²) in [7, 11) is 0. The Morgan fingerprint density at radius 3 is 2.57 bits per heavy atom. The van der Waals surface area contributed by atoms with Crippen LogP contribution in [0.4, 0.5) is 5.82 Å². The van der Waals surface area contributed by atoms with E-state index >= 15 is 0 Å². The number of anilines is 1. The van der Waals surface area contributed by atoms with E-state index in [0.717, 1.165) is 38.5 Å². The standard InChI is InChI=1S/C20H27N5O3/c1-15(2)19(26)22-18-14-17(23-25(18)16-6-4-3-5-7-16)20(27)21-8-9-24-10-12-28-13-11-24/h3-7,14-15H,8-13H2,1-2H3,(H,21,27)(H,22,26). The number of nitrogens with zero attached hydrogens (tertiary/aromatic N) is 3. The third-order valence-electron chi connectivity index (χ3n) is 4.54. The van der Waals surface area contributed by atoms with Gasteiger partial charge in [0.15, 0.2) is 5.69 Å². The molecule has 1 aromatic heterocycles. The first-order valence-electron chi connectivity index (χ1n) is 9.59. The van der Waals surface area contributed by atoms with Gasteiger partial charge in [0.05, 0.1) is 18.9 Å². The molecule has 150 valence electrons. The number of para-hydroxylation sites is 1. The lowest BCUT2D eigenvalue weighted by molar-refractivity contribution is -0.118. The minimum absolute atomic E-state index is 0.128. The SMILES string of the molecule is CC(C)C(=O)Nc1cc(C(=O)NCCN2CCOCC2)nn1-c1ccccc1. The van der Waals surface area contributed by atoms with E-state index in [0.29, 0.717) is 12.4 Å². The maximum Gasteiger partial charge on any atom is 0.271 e. The van der Waals surface area contributed by atoms with E-state index in [4.69, 9.17) is 4.74 Å². The van der Waals surface area contributed by atoms with E-state index in [9.17, 15) is 9.59 Å². The molecule has 0 bridgehead atoms. The molecule has 1 aliphatic heterocycles. The van der Waals surface area contributed by atoms with Crippen LogP contribution in [0.25, 0.3) is 5.69 Å². The van der Waals surface area contributed by atoms with Crippen molar-refractivity contribution >= 4 is 17.6 Å². The molecule has 2 heterocycles. The van der Waals surface area contributed by atoms with Crippen LogP contribution >= 0.6 is 0 Å². The van der Waals surface area contributed by atoms with Gasteiger partial charge >= 0.3 is 0 Å². The Balaban J connectivity index is 1.70. The number of aromatic nitrogens is 2. The van der Waals surface area contributed by atoms with Crippen LogP contribution in [-0.2, 0) is 9.53 Å². The van der Waals surface area contributed by atoms with Crippen molar-refractivity contribution < 1.29 is 14.3 Å². The highest BCUT2D eigenvalue weighted by atomic mass is 16.5. The normalized spacial score (nSPS) is 14.8. The third-order valence-corrected chi connectivity index (χ3v) is 4.54. The molecule has 0 atom stereocenters. The van der Waals surface area contributed by atoms with Crippen LogP contribution in [0.15, 0.2) is 36.4 Å². The number of nitrogens with one attached hydrogen (secondary N) is 2. The zero-order chi connectivity index (χ0) is 19.9. The quantitative estimate of drug-likeness (QED) is 0.755. The molecule has 8 heteroatoms. The Kier molecular flexibility index (Phi) is 6.78. The summed E-state index contributed by atoms with van der Waals surface area (Å²) < 4.78 is 6.91. The summed E-state index contributed by atoms with van der Waals surface area (Å²) in [6, 6.07) is 11.0. The highest BCUT2D eigenvalue weighted by Crippen LogP contribution is 2.18. The predicted molar refractivity (Wildman–Crippen MR) is 107 cm³/mol. The summed E-state index contributed by atoms with van der Waals surface area (Å²) in [6.07, 6.45) is 0. The van der Waals surface area contributed by atoms with Crippen molar-refractivity contribution in [2.75, 3.05) is 44.7 Å². The maximum absolute atomic E-state index is 12.6. The molecule has 0 saturated carbocycles. The lowest BCUT2D eigenvalue weighted by atomic mass is 10.2. The molecule has 1 aliphatic rings. The Morgan fingerprint density at radius 2 is 1.89 bits per heavy atom. The van der Waals surface area contributed by atoms with Gasteiger partial charge in [0.2, 0.25) is 5.91 Å². The van der Waals surface area contributed by atoms with Gasteiger partial charge in [0, 0.05) is 38.2 Å². The molecule has 3 rings (SSSR count). The summed E-state index contributed by atoms with van der Waals surface area (Å²) in [6.45, 7) is 8.15.